The van der Waals surface area contributed by atoms with Crippen LogP contribution in [-0.2, 0) is 12.4 Å². The summed E-state index contributed by atoms with van der Waals surface area (Å²) in [5, 5.41) is 0. The molecule has 2 heterocycles. The summed E-state index contributed by atoms with van der Waals surface area (Å²) in [4.78, 5) is 0. The summed E-state index contributed by atoms with van der Waals surface area (Å²) >= 11 is 0. The summed E-state index contributed by atoms with van der Waals surface area (Å²) in [7, 11) is -21.3. The molecule has 0 unspecified atom stereocenters. The van der Waals surface area contributed by atoms with E-state index in [1.54, 1.807) is 33.9 Å². The molecule has 0 N–H and O–H groups in total. The third kappa shape index (κ3) is 17.1. The summed E-state index contributed by atoms with van der Waals surface area (Å²) in [6.07, 6.45) is -1.78. The van der Waals surface area contributed by atoms with Crippen molar-refractivity contribution in [2.75, 3.05) is 0 Å². The fourth-order valence-electron chi connectivity index (χ4n) is 3.23. The molecule has 0 saturated heterocycles. The van der Waals surface area contributed by atoms with Gasteiger partial charge in [0.2, 0.25) is 11.4 Å². The standard InChI is InChI=1S/C24H16F6N2.2F6P/c25-23(26,27)19-1-5-21(6-2-19)31-13-9-17(10-14-31)18-11-15-32(16-12-18)22-7-3-20(4-8-22)24(28,29)30;2*1-7(2,3,4,5)6/h1-16H;;/q+2;2*-1. The zero-order valence-electron chi connectivity index (χ0n) is 21.8. The first-order chi connectivity index (χ1) is 20.0. The van der Waals surface area contributed by atoms with E-state index < -0.39 is 39.1 Å². The van der Waals surface area contributed by atoms with Gasteiger partial charge < -0.3 is 0 Å². The van der Waals surface area contributed by atoms with Crippen LogP contribution in [0.2, 0.25) is 0 Å². The Morgan fingerprint density at radius 2 is 0.543 bits per heavy atom. The van der Waals surface area contributed by atoms with Gasteiger partial charge in [0, 0.05) is 48.5 Å². The summed E-state index contributed by atoms with van der Waals surface area (Å²) in [5.41, 5.74) is 1.55. The molecule has 0 atom stereocenters. The van der Waals surface area contributed by atoms with Gasteiger partial charge in [-0.05, 0) is 35.4 Å². The van der Waals surface area contributed by atoms with Gasteiger partial charge in [0.05, 0.1) is 11.1 Å². The van der Waals surface area contributed by atoms with Crippen LogP contribution in [0.4, 0.5) is 76.7 Å². The monoisotopic (exact) mass is 736 g/mol. The quantitative estimate of drug-likeness (QED) is 0.112. The molecule has 0 saturated carbocycles. The summed E-state index contributed by atoms with van der Waals surface area (Å²) in [5.74, 6) is 0. The van der Waals surface area contributed by atoms with Crippen LogP contribution in [0.3, 0.4) is 0 Å². The van der Waals surface area contributed by atoms with Crippen molar-refractivity contribution < 1.29 is 85.8 Å². The topological polar surface area (TPSA) is 7.76 Å². The fourth-order valence-corrected chi connectivity index (χ4v) is 3.23. The number of hydrogen-bond acceptors (Lipinski definition) is 0. The predicted octanol–water partition coefficient (Wildman–Crippen LogP) is 12.7. The second-order valence-corrected chi connectivity index (χ2v) is 12.8. The van der Waals surface area contributed by atoms with Gasteiger partial charge in [0.1, 0.15) is 0 Å². The van der Waals surface area contributed by atoms with E-state index in [-0.39, 0.29) is 0 Å². The maximum absolute atomic E-state index is 12.7. The summed E-state index contributed by atoms with van der Waals surface area (Å²) in [6, 6.07) is 17.1. The Kier molecular flexibility index (Phi) is 9.18. The van der Waals surface area contributed by atoms with Crippen LogP contribution < -0.4 is 9.13 Å². The Hall–Kier alpha value is -3.66. The van der Waals surface area contributed by atoms with Gasteiger partial charge in [-0.15, -0.1) is 0 Å². The van der Waals surface area contributed by atoms with E-state index in [2.05, 4.69) is 0 Å². The van der Waals surface area contributed by atoms with Crippen LogP contribution in [0.5, 0.6) is 0 Å². The van der Waals surface area contributed by atoms with Gasteiger partial charge in [-0.2, -0.15) is 35.5 Å². The van der Waals surface area contributed by atoms with Crippen LogP contribution in [0, 0.1) is 0 Å². The van der Waals surface area contributed by atoms with E-state index in [9.17, 15) is 76.7 Å². The molecule has 258 valence electrons. The summed E-state index contributed by atoms with van der Waals surface area (Å²) in [6.45, 7) is 0. The van der Waals surface area contributed by atoms with Crippen molar-refractivity contribution >= 4 is 15.6 Å². The van der Waals surface area contributed by atoms with Crippen LogP contribution in [0.25, 0.3) is 22.5 Å². The molecule has 0 fully saturated rings. The molecule has 0 amide bonds. The van der Waals surface area contributed by atoms with Crippen molar-refractivity contribution in [3.8, 4) is 22.5 Å². The third-order valence-corrected chi connectivity index (χ3v) is 4.98. The van der Waals surface area contributed by atoms with E-state index in [1.807, 2.05) is 24.3 Å². The molecule has 2 aromatic carbocycles. The molecule has 0 radical (unpaired) electrons. The Morgan fingerprint density at radius 1 is 0.348 bits per heavy atom. The average Bonchev–Trinajstić information content (AvgIpc) is 2.84. The SMILES string of the molecule is FC(F)(F)c1ccc(-[n+]2ccc(-c3cc[n+](-c4ccc(C(F)(F)F)cc4)cc3)cc2)cc1.F[P-](F)(F)(F)(F)F.F[P-](F)(F)(F)(F)F. The number of pyridine rings is 2. The molecular weight excluding hydrogens is 720 g/mol. The average molecular weight is 736 g/mol. The molecule has 46 heavy (non-hydrogen) atoms. The van der Waals surface area contributed by atoms with Crippen LogP contribution in [0.15, 0.2) is 97.6 Å². The molecule has 22 heteroatoms. The number of halogens is 18. The van der Waals surface area contributed by atoms with Crippen molar-refractivity contribution in [1.29, 1.82) is 0 Å². The molecule has 0 bridgehead atoms. The van der Waals surface area contributed by atoms with Crippen molar-refractivity contribution in [2.45, 2.75) is 12.4 Å². The number of nitrogens with zero attached hydrogens (tertiary/aromatic N) is 2. The first-order valence-electron chi connectivity index (χ1n) is 11.5. The third-order valence-electron chi connectivity index (χ3n) is 4.98. The molecule has 2 aromatic heterocycles. The normalized spacial score (nSPS) is 15.4. The maximum atomic E-state index is 12.7. The van der Waals surface area contributed by atoms with Gasteiger partial charge in [-0.25, -0.2) is 0 Å². The molecule has 4 aromatic rings. The molecular formula is C24H16F18N2P2. The first kappa shape index (κ1) is 38.5. The summed E-state index contributed by atoms with van der Waals surface area (Å²) < 4.78 is 198. The number of hydrogen-bond donors (Lipinski definition) is 0. The zero-order chi connectivity index (χ0) is 35.7. The molecule has 2 nitrogen and oxygen atoms in total. The second-order valence-electron chi connectivity index (χ2n) is 8.99. The number of alkyl halides is 6. The molecule has 0 spiro atoms. The van der Waals surface area contributed by atoms with Crippen molar-refractivity contribution in [3.05, 3.63) is 109 Å². The van der Waals surface area contributed by atoms with Crippen LogP contribution in [-0.4, -0.2) is 0 Å². The van der Waals surface area contributed by atoms with E-state index in [0.29, 0.717) is 11.4 Å². The Balaban J connectivity index is 0.000000440. The van der Waals surface area contributed by atoms with Gasteiger partial charge in [0.25, 0.3) is 0 Å². The second kappa shape index (κ2) is 11.0. The zero-order valence-corrected chi connectivity index (χ0v) is 23.6. The van der Waals surface area contributed by atoms with Crippen molar-refractivity contribution in [3.63, 3.8) is 0 Å². The number of rotatable bonds is 3. The van der Waals surface area contributed by atoms with Gasteiger partial charge >= 0.3 is 78.3 Å². The Morgan fingerprint density at radius 3 is 0.717 bits per heavy atom. The van der Waals surface area contributed by atoms with E-state index in [1.165, 1.54) is 24.3 Å². The van der Waals surface area contributed by atoms with E-state index in [0.717, 1.165) is 35.4 Å². The van der Waals surface area contributed by atoms with Crippen LogP contribution >= 0.6 is 15.6 Å². The fraction of sp³-hybridized carbons (Fsp3) is 0.0833. The first-order valence-corrected chi connectivity index (χ1v) is 15.6. The van der Waals surface area contributed by atoms with Crippen LogP contribution in [0.1, 0.15) is 11.1 Å². The Labute approximate surface area is 245 Å². The molecule has 0 aliphatic rings. The molecule has 0 aliphatic heterocycles. The van der Waals surface area contributed by atoms with E-state index in [4.69, 9.17) is 0 Å². The Bertz CT molecular complexity index is 1480. The predicted molar refractivity (Wildman–Crippen MR) is 132 cm³/mol. The van der Waals surface area contributed by atoms with E-state index >= 15 is 0 Å². The van der Waals surface area contributed by atoms with Crippen molar-refractivity contribution in [1.82, 2.24) is 0 Å². The minimum absolute atomic E-state index is 0.595. The van der Waals surface area contributed by atoms with Gasteiger partial charge in [-0.3, -0.25) is 0 Å². The number of aromatic nitrogens is 2. The minimum atomic E-state index is -10.7. The van der Waals surface area contributed by atoms with Crippen molar-refractivity contribution in [2.24, 2.45) is 0 Å². The molecule has 4 rings (SSSR count). The van der Waals surface area contributed by atoms with Gasteiger partial charge in [0.15, 0.2) is 24.8 Å². The van der Waals surface area contributed by atoms with Gasteiger partial charge in [-0.1, -0.05) is 0 Å². The molecule has 0 aliphatic carbocycles. The number of benzene rings is 2.